The number of nitrogens with zero attached hydrogens (tertiary/aromatic N) is 2. The maximum absolute atomic E-state index is 12.4. The Labute approximate surface area is 205 Å². The molecule has 1 fully saturated rings. The number of carbonyl (C=O) groups excluding carboxylic acids is 2. The Morgan fingerprint density at radius 2 is 1.79 bits per heavy atom. The Kier molecular flexibility index (Phi) is 8.32. The van der Waals surface area contributed by atoms with Crippen LogP contribution in [-0.4, -0.2) is 62.1 Å². The fraction of sp³-hybridized carbons (Fsp3) is 0.522. The molecule has 34 heavy (non-hydrogen) atoms. The number of likely N-dealkylation sites (tertiary alicyclic amines) is 1. The van der Waals surface area contributed by atoms with E-state index in [4.69, 9.17) is 4.74 Å². The highest BCUT2D eigenvalue weighted by Gasteiger charge is 2.29. The van der Waals surface area contributed by atoms with E-state index in [1.54, 1.807) is 34.5 Å². The maximum Gasteiger partial charge on any atom is 0.410 e. The predicted molar refractivity (Wildman–Crippen MR) is 131 cm³/mol. The lowest BCUT2D eigenvalue weighted by atomic mass is 9.98. The van der Waals surface area contributed by atoms with Crippen molar-refractivity contribution in [3.8, 4) is 0 Å². The quantitative estimate of drug-likeness (QED) is 0.554. The van der Waals surface area contributed by atoms with Gasteiger partial charge in [-0.05, 0) is 52.7 Å². The molecule has 0 bridgehead atoms. The second-order valence-electron chi connectivity index (χ2n) is 9.28. The van der Waals surface area contributed by atoms with Crippen molar-refractivity contribution >= 4 is 33.4 Å². The molecule has 0 atom stereocenters. The molecule has 1 saturated heterocycles. The van der Waals surface area contributed by atoms with E-state index < -0.39 is 15.6 Å². The monoisotopic (exact) mass is 508 g/mol. The van der Waals surface area contributed by atoms with Gasteiger partial charge in [0.15, 0.2) is 0 Å². The minimum Gasteiger partial charge on any atom is -0.444 e. The molecule has 0 unspecified atom stereocenters. The van der Waals surface area contributed by atoms with Crippen molar-refractivity contribution in [1.82, 2.24) is 19.9 Å². The minimum absolute atomic E-state index is 0.0715. The van der Waals surface area contributed by atoms with E-state index in [9.17, 15) is 18.0 Å². The molecule has 1 aliphatic heterocycles. The number of thiazole rings is 1. The number of aromatic nitrogens is 1. The second kappa shape index (κ2) is 10.8. The lowest BCUT2D eigenvalue weighted by Crippen LogP contribution is -2.41. The van der Waals surface area contributed by atoms with Gasteiger partial charge < -0.3 is 15.0 Å². The number of aryl methyl sites for hydroxylation is 1. The summed E-state index contributed by atoms with van der Waals surface area (Å²) in [5, 5.41) is 5.28. The summed E-state index contributed by atoms with van der Waals surface area (Å²) in [6.45, 7) is 8.81. The minimum atomic E-state index is -3.62. The summed E-state index contributed by atoms with van der Waals surface area (Å²) in [5.74, 6) is -0.158. The van der Waals surface area contributed by atoms with Crippen molar-refractivity contribution in [2.45, 2.75) is 57.0 Å². The first-order valence-corrected chi connectivity index (χ1v) is 13.6. The van der Waals surface area contributed by atoms with E-state index in [0.717, 1.165) is 23.4 Å². The summed E-state index contributed by atoms with van der Waals surface area (Å²) in [6, 6.07) is 6.56. The zero-order chi connectivity index (χ0) is 24.9. The third kappa shape index (κ3) is 7.25. The van der Waals surface area contributed by atoms with Gasteiger partial charge in [0.2, 0.25) is 10.0 Å². The van der Waals surface area contributed by atoms with Gasteiger partial charge in [-0.25, -0.2) is 22.9 Å². The van der Waals surface area contributed by atoms with Crippen LogP contribution in [0.4, 0.5) is 4.79 Å². The molecule has 1 aliphatic rings. The van der Waals surface area contributed by atoms with E-state index in [2.05, 4.69) is 15.0 Å². The Bertz CT molecular complexity index is 1100. The van der Waals surface area contributed by atoms with Crippen molar-refractivity contribution in [3.63, 3.8) is 0 Å². The Morgan fingerprint density at radius 1 is 1.15 bits per heavy atom. The average molecular weight is 509 g/mol. The highest BCUT2D eigenvalue weighted by molar-refractivity contribution is 7.89. The number of carbonyl (C=O) groups is 2. The number of hydrogen-bond donors (Lipinski definition) is 2. The Balaban J connectivity index is 1.44. The summed E-state index contributed by atoms with van der Waals surface area (Å²) in [6.07, 6.45) is 1.21. The molecule has 11 heteroatoms. The molecule has 9 nitrogen and oxygen atoms in total. The number of benzene rings is 1. The molecule has 2 N–H and O–H groups in total. The number of sulfonamides is 1. The molecule has 0 spiro atoms. The predicted octanol–water partition coefficient (Wildman–Crippen LogP) is 3.27. The number of nitrogens with one attached hydrogen (secondary N) is 2. The van der Waals surface area contributed by atoms with Crippen molar-refractivity contribution in [1.29, 1.82) is 0 Å². The number of piperidine rings is 1. The van der Waals surface area contributed by atoms with Gasteiger partial charge in [-0.2, -0.15) is 0 Å². The molecule has 2 aromatic rings. The highest BCUT2D eigenvalue weighted by atomic mass is 32.2. The first-order chi connectivity index (χ1) is 15.9. The van der Waals surface area contributed by atoms with Gasteiger partial charge >= 0.3 is 6.09 Å². The lowest BCUT2D eigenvalue weighted by molar-refractivity contribution is 0.0204. The van der Waals surface area contributed by atoms with E-state index >= 15 is 0 Å². The molecule has 1 aromatic heterocycles. The molecular weight excluding hydrogens is 476 g/mol. The van der Waals surface area contributed by atoms with Crippen LogP contribution in [-0.2, 0) is 14.8 Å². The largest absolute Gasteiger partial charge is 0.444 e. The summed E-state index contributed by atoms with van der Waals surface area (Å²) in [4.78, 5) is 31.0. The van der Waals surface area contributed by atoms with Crippen molar-refractivity contribution < 1.29 is 22.7 Å². The Morgan fingerprint density at radius 3 is 2.41 bits per heavy atom. The van der Waals surface area contributed by atoms with Crippen LogP contribution in [0.2, 0.25) is 0 Å². The van der Waals surface area contributed by atoms with E-state index in [1.807, 2.05) is 27.7 Å². The Hall–Kier alpha value is -2.50. The topological polar surface area (TPSA) is 118 Å². The molecular formula is C23H32N4O5S2. The third-order valence-corrected chi connectivity index (χ3v) is 7.77. The van der Waals surface area contributed by atoms with Crippen LogP contribution >= 0.6 is 11.3 Å². The van der Waals surface area contributed by atoms with Gasteiger partial charge in [0.1, 0.15) is 11.3 Å². The van der Waals surface area contributed by atoms with Crippen molar-refractivity contribution in [3.05, 3.63) is 45.9 Å². The third-order valence-electron chi connectivity index (χ3n) is 5.28. The van der Waals surface area contributed by atoms with Gasteiger partial charge in [-0.1, -0.05) is 17.7 Å². The van der Waals surface area contributed by atoms with E-state index in [1.165, 1.54) is 11.3 Å². The molecule has 2 amide bonds. The van der Waals surface area contributed by atoms with Gasteiger partial charge in [0, 0.05) is 37.5 Å². The number of rotatable bonds is 7. The normalized spacial score (nSPS) is 15.2. The van der Waals surface area contributed by atoms with Crippen LogP contribution in [0.3, 0.4) is 0 Å². The van der Waals surface area contributed by atoms with Crippen LogP contribution in [0.1, 0.15) is 60.6 Å². The van der Waals surface area contributed by atoms with Crippen LogP contribution in [0, 0.1) is 6.92 Å². The second-order valence-corrected chi connectivity index (χ2v) is 11.9. The standard InChI is InChI=1S/C23H32N4O5S2/c1-16-5-7-18(8-6-16)34(30,31)25-12-11-24-20(28)19-15-33-21(26-19)17-9-13-27(14-10-17)22(29)32-23(2,3)4/h5-8,15,17,25H,9-14H2,1-4H3,(H,24,28). The van der Waals surface area contributed by atoms with E-state index in [-0.39, 0.29) is 35.9 Å². The van der Waals surface area contributed by atoms with Crippen LogP contribution < -0.4 is 10.0 Å². The summed E-state index contributed by atoms with van der Waals surface area (Å²) < 4.78 is 32.5. The fourth-order valence-electron chi connectivity index (χ4n) is 3.47. The number of amides is 2. The molecule has 3 rings (SSSR count). The molecule has 2 heterocycles. The molecule has 186 valence electrons. The average Bonchev–Trinajstić information content (AvgIpc) is 3.26. The summed E-state index contributed by atoms with van der Waals surface area (Å²) in [7, 11) is -3.62. The fourth-order valence-corrected chi connectivity index (χ4v) is 5.47. The van der Waals surface area contributed by atoms with Crippen molar-refractivity contribution in [2.75, 3.05) is 26.2 Å². The first-order valence-electron chi connectivity index (χ1n) is 11.2. The highest BCUT2D eigenvalue weighted by Crippen LogP contribution is 2.31. The summed E-state index contributed by atoms with van der Waals surface area (Å²) in [5.41, 5.74) is 0.768. The van der Waals surface area contributed by atoms with Gasteiger partial charge in [0.25, 0.3) is 5.91 Å². The lowest BCUT2D eigenvalue weighted by Gasteiger charge is -2.32. The summed E-state index contributed by atoms with van der Waals surface area (Å²) >= 11 is 1.43. The first kappa shape index (κ1) is 26.1. The SMILES string of the molecule is Cc1ccc(S(=O)(=O)NCCNC(=O)c2csc(C3CCN(C(=O)OC(C)(C)C)CC3)n2)cc1. The molecule has 0 radical (unpaired) electrons. The van der Waals surface area contributed by atoms with Crippen molar-refractivity contribution in [2.24, 2.45) is 0 Å². The van der Waals surface area contributed by atoms with Gasteiger partial charge in [-0.15, -0.1) is 11.3 Å². The van der Waals surface area contributed by atoms with Crippen LogP contribution in [0.5, 0.6) is 0 Å². The van der Waals surface area contributed by atoms with Gasteiger partial charge in [0.05, 0.1) is 9.90 Å². The smallest absolute Gasteiger partial charge is 0.410 e. The van der Waals surface area contributed by atoms with Gasteiger partial charge in [-0.3, -0.25) is 4.79 Å². The number of ether oxygens (including phenoxy) is 1. The zero-order valence-electron chi connectivity index (χ0n) is 20.0. The molecule has 1 aromatic carbocycles. The maximum atomic E-state index is 12.4. The molecule has 0 saturated carbocycles. The van der Waals surface area contributed by atoms with E-state index in [0.29, 0.717) is 18.8 Å². The number of hydrogen-bond acceptors (Lipinski definition) is 7. The van der Waals surface area contributed by atoms with Crippen LogP contribution in [0.25, 0.3) is 0 Å². The van der Waals surface area contributed by atoms with Crippen LogP contribution in [0.15, 0.2) is 34.5 Å². The zero-order valence-corrected chi connectivity index (χ0v) is 21.6. The molecule has 0 aliphatic carbocycles.